The van der Waals surface area contributed by atoms with Gasteiger partial charge in [0, 0.05) is 31.0 Å². The van der Waals surface area contributed by atoms with E-state index in [0.717, 1.165) is 31.4 Å². The number of hydrogen-bond acceptors (Lipinski definition) is 5. The summed E-state index contributed by atoms with van der Waals surface area (Å²) in [6, 6.07) is 5.44. The van der Waals surface area contributed by atoms with E-state index >= 15 is 0 Å². The van der Waals surface area contributed by atoms with Crippen LogP contribution in [0.1, 0.15) is 52.4 Å². The Bertz CT molecular complexity index is 676. The predicted octanol–water partition coefficient (Wildman–Crippen LogP) is 3.65. The number of carbonyl (C=O) groups is 2. The fraction of sp³-hybridized carbons (Fsp3) is 0.579. The molecule has 1 amide bonds. The maximum Gasteiger partial charge on any atom is 0.306 e. The number of amides is 1. The summed E-state index contributed by atoms with van der Waals surface area (Å²) in [7, 11) is 1.35. The lowest BCUT2D eigenvalue weighted by Crippen LogP contribution is -2.34. The third-order valence-corrected chi connectivity index (χ3v) is 4.67. The van der Waals surface area contributed by atoms with Gasteiger partial charge in [0.1, 0.15) is 0 Å². The molecule has 0 atom stereocenters. The van der Waals surface area contributed by atoms with Crippen LogP contribution in [0.15, 0.2) is 18.2 Å². The second kappa shape index (κ2) is 6.58. The minimum absolute atomic E-state index is 0.150. The van der Waals surface area contributed by atoms with E-state index in [1.165, 1.54) is 7.11 Å². The minimum atomic E-state index is -0.506. The molecule has 1 saturated carbocycles. The van der Waals surface area contributed by atoms with Gasteiger partial charge in [-0.05, 0) is 30.4 Å². The van der Waals surface area contributed by atoms with Crippen molar-refractivity contribution in [1.82, 2.24) is 0 Å². The SMILES string of the molecule is COC(=O)CC(C)(C)CC(=O)Nc1ccc2c(c1)OC1(CCCC1)O2. The molecule has 0 unspecified atom stereocenters. The van der Waals surface area contributed by atoms with Gasteiger partial charge < -0.3 is 19.5 Å². The number of rotatable bonds is 5. The number of hydrogen-bond donors (Lipinski definition) is 1. The van der Waals surface area contributed by atoms with Crippen LogP contribution in [-0.2, 0) is 14.3 Å². The van der Waals surface area contributed by atoms with Crippen LogP contribution >= 0.6 is 0 Å². The van der Waals surface area contributed by atoms with Crippen LogP contribution in [0.25, 0.3) is 0 Å². The van der Waals surface area contributed by atoms with Gasteiger partial charge in [-0.1, -0.05) is 13.8 Å². The molecule has 25 heavy (non-hydrogen) atoms. The number of ether oxygens (including phenoxy) is 3. The van der Waals surface area contributed by atoms with Crippen molar-refractivity contribution in [2.24, 2.45) is 5.41 Å². The number of carbonyl (C=O) groups excluding carboxylic acids is 2. The van der Waals surface area contributed by atoms with E-state index < -0.39 is 11.2 Å². The number of methoxy groups -OCH3 is 1. The number of benzene rings is 1. The quantitative estimate of drug-likeness (QED) is 0.823. The first-order chi connectivity index (χ1) is 11.8. The van der Waals surface area contributed by atoms with Crippen LogP contribution in [0.5, 0.6) is 11.5 Å². The molecule has 1 heterocycles. The zero-order chi connectivity index (χ0) is 18.1. The Labute approximate surface area is 147 Å². The van der Waals surface area contributed by atoms with Gasteiger partial charge in [0.05, 0.1) is 13.5 Å². The minimum Gasteiger partial charge on any atom is -0.469 e. The Morgan fingerprint density at radius 3 is 2.52 bits per heavy atom. The van der Waals surface area contributed by atoms with E-state index in [4.69, 9.17) is 9.47 Å². The van der Waals surface area contributed by atoms with Gasteiger partial charge in [0.2, 0.25) is 5.91 Å². The lowest BCUT2D eigenvalue weighted by Gasteiger charge is -2.22. The summed E-state index contributed by atoms with van der Waals surface area (Å²) >= 11 is 0. The van der Waals surface area contributed by atoms with Gasteiger partial charge >= 0.3 is 5.97 Å². The van der Waals surface area contributed by atoms with Crippen LogP contribution in [-0.4, -0.2) is 24.8 Å². The molecule has 1 fully saturated rings. The van der Waals surface area contributed by atoms with Gasteiger partial charge in [-0.15, -0.1) is 0 Å². The highest BCUT2D eigenvalue weighted by Crippen LogP contribution is 2.47. The Balaban J connectivity index is 1.61. The van der Waals surface area contributed by atoms with Crippen molar-refractivity contribution in [3.05, 3.63) is 18.2 Å². The van der Waals surface area contributed by atoms with Crippen molar-refractivity contribution in [1.29, 1.82) is 0 Å². The normalized spacial score (nSPS) is 17.6. The third kappa shape index (κ3) is 4.06. The molecule has 1 aromatic carbocycles. The topological polar surface area (TPSA) is 73.9 Å². The Morgan fingerprint density at radius 2 is 1.84 bits per heavy atom. The second-order valence-electron chi connectivity index (χ2n) is 7.63. The second-order valence-corrected chi connectivity index (χ2v) is 7.63. The van der Waals surface area contributed by atoms with Crippen LogP contribution in [0.3, 0.4) is 0 Å². The van der Waals surface area contributed by atoms with Crippen molar-refractivity contribution in [2.75, 3.05) is 12.4 Å². The largest absolute Gasteiger partial charge is 0.469 e. The molecule has 6 heteroatoms. The maximum atomic E-state index is 12.3. The van der Waals surface area contributed by atoms with Crippen LogP contribution < -0.4 is 14.8 Å². The molecule has 1 aliphatic heterocycles. The molecule has 0 saturated heterocycles. The van der Waals surface area contributed by atoms with Crippen LogP contribution in [0.4, 0.5) is 5.69 Å². The van der Waals surface area contributed by atoms with Gasteiger partial charge in [0.25, 0.3) is 5.79 Å². The zero-order valence-electron chi connectivity index (χ0n) is 15.0. The van der Waals surface area contributed by atoms with Crippen molar-refractivity contribution >= 4 is 17.6 Å². The molecule has 1 N–H and O–H groups in total. The van der Waals surface area contributed by atoms with Gasteiger partial charge in [-0.25, -0.2) is 0 Å². The molecule has 2 aliphatic rings. The highest BCUT2D eigenvalue weighted by Gasteiger charge is 2.44. The summed E-state index contributed by atoms with van der Waals surface area (Å²) in [5.74, 6) is 0.429. The molecule has 0 bridgehead atoms. The number of nitrogens with one attached hydrogen (secondary N) is 1. The van der Waals surface area contributed by atoms with Gasteiger partial charge in [-0.2, -0.15) is 0 Å². The Kier molecular flexibility index (Phi) is 4.62. The predicted molar refractivity (Wildman–Crippen MR) is 92.6 cm³/mol. The molecular formula is C19H25NO5. The van der Waals surface area contributed by atoms with E-state index in [9.17, 15) is 9.59 Å². The summed E-state index contributed by atoms with van der Waals surface area (Å²) in [6.07, 6.45) is 4.41. The molecule has 6 nitrogen and oxygen atoms in total. The lowest BCUT2D eigenvalue weighted by molar-refractivity contribution is -0.143. The summed E-state index contributed by atoms with van der Waals surface area (Å²) in [5.41, 5.74) is 0.192. The number of anilines is 1. The van der Waals surface area contributed by atoms with E-state index in [-0.39, 0.29) is 24.7 Å². The summed E-state index contributed by atoms with van der Waals surface area (Å²) < 4.78 is 16.7. The number of esters is 1. The molecule has 1 aliphatic carbocycles. The number of fused-ring (bicyclic) bond motifs is 1. The van der Waals surface area contributed by atoms with E-state index in [1.807, 2.05) is 19.9 Å². The third-order valence-electron chi connectivity index (χ3n) is 4.67. The van der Waals surface area contributed by atoms with Gasteiger partial charge in [0.15, 0.2) is 11.5 Å². The first-order valence-electron chi connectivity index (χ1n) is 8.70. The van der Waals surface area contributed by atoms with Crippen molar-refractivity contribution in [2.45, 2.75) is 58.2 Å². The standard InChI is InChI=1S/C19H25NO5/c1-18(2,12-17(22)23-3)11-16(21)20-13-6-7-14-15(10-13)25-19(24-14)8-4-5-9-19/h6-7,10H,4-5,8-9,11-12H2,1-3H3,(H,20,21). The fourth-order valence-electron chi connectivity index (χ4n) is 3.45. The smallest absolute Gasteiger partial charge is 0.306 e. The average Bonchev–Trinajstić information content (AvgIpc) is 3.11. The molecule has 136 valence electrons. The molecule has 1 spiro atoms. The maximum absolute atomic E-state index is 12.3. The fourth-order valence-corrected chi connectivity index (χ4v) is 3.45. The zero-order valence-corrected chi connectivity index (χ0v) is 15.0. The van der Waals surface area contributed by atoms with Crippen LogP contribution in [0.2, 0.25) is 0 Å². The van der Waals surface area contributed by atoms with Crippen molar-refractivity contribution in [3.63, 3.8) is 0 Å². The Hall–Kier alpha value is -2.24. The van der Waals surface area contributed by atoms with Crippen molar-refractivity contribution in [3.8, 4) is 11.5 Å². The van der Waals surface area contributed by atoms with Crippen molar-refractivity contribution < 1.29 is 23.8 Å². The molecule has 3 rings (SSSR count). The van der Waals surface area contributed by atoms with E-state index in [1.54, 1.807) is 12.1 Å². The summed E-state index contributed by atoms with van der Waals surface area (Å²) in [5, 5.41) is 2.87. The first kappa shape index (κ1) is 17.6. The van der Waals surface area contributed by atoms with E-state index in [0.29, 0.717) is 11.4 Å². The Morgan fingerprint density at radius 1 is 1.16 bits per heavy atom. The highest BCUT2D eigenvalue weighted by molar-refractivity contribution is 5.91. The average molecular weight is 347 g/mol. The molecule has 0 radical (unpaired) electrons. The van der Waals surface area contributed by atoms with E-state index in [2.05, 4.69) is 10.1 Å². The monoisotopic (exact) mass is 347 g/mol. The summed E-state index contributed by atoms with van der Waals surface area (Å²) in [6.45, 7) is 3.74. The molecule has 0 aromatic heterocycles. The molecule has 1 aromatic rings. The first-order valence-corrected chi connectivity index (χ1v) is 8.70. The van der Waals surface area contributed by atoms with Gasteiger partial charge in [-0.3, -0.25) is 9.59 Å². The molecular weight excluding hydrogens is 322 g/mol. The van der Waals surface area contributed by atoms with Crippen LogP contribution in [0, 0.1) is 5.41 Å². The highest BCUT2D eigenvalue weighted by atomic mass is 16.7. The summed E-state index contributed by atoms with van der Waals surface area (Å²) in [4.78, 5) is 23.7. The lowest BCUT2D eigenvalue weighted by atomic mass is 9.85.